The van der Waals surface area contributed by atoms with Crippen LogP contribution in [0.25, 0.3) is 0 Å². The molecule has 0 spiro atoms. The van der Waals surface area contributed by atoms with Gasteiger partial charge in [-0.25, -0.2) is 0 Å². The zero-order chi connectivity index (χ0) is 35.5. The number of carbonyl (C=O) groups is 2. The quantitative estimate of drug-likeness (QED) is 0.106. The van der Waals surface area contributed by atoms with E-state index in [0.29, 0.717) is 11.3 Å². The average molecular weight is 687 g/mol. The number of Topliss-reactive ketones (excluding diaryl/α,β-unsaturated/α-hetero) is 1. The standard InChI is InChI=1S/C24H20P.C21H17NO4/c1-5-13-21(14-6-1)25(22-15-7-2-8-16-22,23-17-9-3-10-18-23)24-19-11-4-12-20-24;23-18-11-5-2-8-15(18)20(25)13-14-7-1-4-10-17(14)22-21(26)16-9-3-6-12-19(16)24/h1-20H;1-12,23-24H,13H2,(H,22,26)/q+1;. The topological polar surface area (TPSA) is 86.6 Å². The lowest BCUT2D eigenvalue weighted by Gasteiger charge is -2.27. The number of hydrogen-bond acceptors (Lipinski definition) is 4. The van der Waals surface area contributed by atoms with Crippen molar-refractivity contribution in [3.05, 3.63) is 211 Å². The van der Waals surface area contributed by atoms with Gasteiger partial charge in [0.25, 0.3) is 5.91 Å². The molecule has 0 aliphatic heterocycles. The Morgan fingerprint density at radius 3 is 1.22 bits per heavy atom. The molecule has 0 aromatic heterocycles. The van der Waals surface area contributed by atoms with E-state index in [2.05, 4.69) is 127 Å². The minimum atomic E-state index is -1.91. The third kappa shape index (κ3) is 7.80. The van der Waals surface area contributed by atoms with Gasteiger partial charge in [-0.15, -0.1) is 0 Å². The minimum absolute atomic E-state index is 0.0226. The number of phenolic OH excluding ortho intramolecular Hbond substituents is 2. The molecule has 7 aromatic carbocycles. The first-order chi connectivity index (χ1) is 25.0. The highest BCUT2D eigenvalue weighted by molar-refractivity contribution is 8.01. The van der Waals surface area contributed by atoms with Gasteiger partial charge in [0.05, 0.1) is 11.1 Å². The Bertz CT molecular complexity index is 1970. The molecule has 0 heterocycles. The summed E-state index contributed by atoms with van der Waals surface area (Å²) < 4.78 is 0. The predicted molar refractivity (Wildman–Crippen MR) is 210 cm³/mol. The number of nitrogens with one attached hydrogen (secondary N) is 1. The second-order valence-corrected chi connectivity index (χ2v) is 15.2. The Morgan fingerprint density at radius 2 is 0.784 bits per heavy atom. The molecule has 0 aliphatic rings. The summed E-state index contributed by atoms with van der Waals surface area (Å²) in [7, 11) is -1.91. The van der Waals surface area contributed by atoms with Crippen LogP contribution >= 0.6 is 7.26 Å². The number of para-hydroxylation sites is 3. The number of hydrogen-bond donors (Lipinski definition) is 3. The monoisotopic (exact) mass is 686 g/mol. The molecule has 0 saturated heterocycles. The fourth-order valence-electron chi connectivity index (χ4n) is 6.13. The number of aromatic hydroxyl groups is 2. The Hall–Kier alpha value is -6.29. The summed E-state index contributed by atoms with van der Waals surface area (Å²) in [6, 6.07) is 63.3. The fourth-order valence-corrected chi connectivity index (χ4v) is 10.4. The summed E-state index contributed by atoms with van der Waals surface area (Å²) >= 11 is 0. The van der Waals surface area contributed by atoms with Crippen molar-refractivity contribution in [1.82, 2.24) is 0 Å². The number of ketones is 1. The highest BCUT2D eigenvalue weighted by Gasteiger charge is 2.47. The van der Waals surface area contributed by atoms with Gasteiger partial charge >= 0.3 is 0 Å². The Balaban J connectivity index is 0.000000176. The number of anilines is 1. The van der Waals surface area contributed by atoms with E-state index in [9.17, 15) is 19.8 Å². The molecular formula is C45H37NO4P+. The molecule has 250 valence electrons. The van der Waals surface area contributed by atoms with Crippen molar-refractivity contribution in [3.63, 3.8) is 0 Å². The molecule has 5 nitrogen and oxygen atoms in total. The van der Waals surface area contributed by atoms with Crippen molar-refractivity contribution in [1.29, 1.82) is 0 Å². The van der Waals surface area contributed by atoms with E-state index >= 15 is 0 Å². The number of carbonyl (C=O) groups excluding carboxylic acids is 2. The molecular weight excluding hydrogens is 649 g/mol. The van der Waals surface area contributed by atoms with Crippen molar-refractivity contribution < 1.29 is 19.8 Å². The van der Waals surface area contributed by atoms with Crippen LogP contribution in [0.5, 0.6) is 11.5 Å². The highest BCUT2D eigenvalue weighted by atomic mass is 31.2. The second kappa shape index (κ2) is 16.4. The molecule has 51 heavy (non-hydrogen) atoms. The van der Waals surface area contributed by atoms with E-state index in [1.807, 2.05) is 0 Å². The molecule has 1 amide bonds. The molecule has 6 heteroatoms. The van der Waals surface area contributed by atoms with E-state index in [-0.39, 0.29) is 34.8 Å². The molecule has 7 rings (SSSR count). The van der Waals surface area contributed by atoms with Crippen molar-refractivity contribution in [2.24, 2.45) is 0 Å². The van der Waals surface area contributed by atoms with E-state index in [1.54, 1.807) is 54.6 Å². The SMILES string of the molecule is O=C(Cc1ccccc1NC(=O)c1ccccc1O)c1ccccc1O.c1ccc([P+](c2ccccc2)(c2ccccc2)c2ccccc2)cc1. The van der Waals surface area contributed by atoms with E-state index < -0.39 is 13.2 Å². The van der Waals surface area contributed by atoms with Gasteiger partial charge in [-0.1, -0.05) is 115 Å². The predicted octanol–water partition coefficient (Wildman–Crippen LogP) is 8.08. The first-order valence-electron chi connectivity index (χ1n) is 16.6. The molecule has 0 unspecified atom stereocenters. The minimum Gasteiger partial charge on any atom is -0.507 e. The fraction of sp³-hybridized carbons (Fsp3) is 0.0222. The van der Waals surface area contributed by atoms with Gasteiger partial charge < -0.3 is 15.5 Å². The van der Waals surface area contributed by atoms with Crippen LogP contribution in [-0.2, 0) is 6.42 Å². The van der Waals surface area contributed by atoms with Gasteiger partial charge in [0.2, 0.25) is 0 Å². The summed E-state index contributed by atoms with van der Waals surface area (Å²) in [6.07, 6.45) is 0.0226. The third-order valence-corrected chi connectivity index (χ3v) is 12.8. The summed E-state index contributed by atoms with van der Waals surface area (Å²) in [6.45, 7) is 0. The lowest BCUT2D eigenvalue weighted by molar-refractivity contribution is 0.0986. The number of rotatable bonds is 9. The van der Waals surface area contributed by atoms with E-state index in [1.165, 1.54) is 39.4 Å². The molecule has 0 fully saturated rings. The first-order valence-corrected chi connectivity index (χ1v) is 18.4. The Morgan fingerprint density at radius 1 is 0.431 bits per heavy atom. The maximum Gasteiger partial charge on any atom is 0.259 e. The average Bonchev–Trinajstić information content (AvgIpc) is 3.18. The highest BCUT2D eigenvalue weighted by Crippen LogP contribution is 2.54. The van der Waals surface area contributed by atoms with E-state index in [4.69, 9.17) is 0 Å². The normalized spacial score (nSPS) is 10.7. The van der Waals surface area contributed by atoms with Crippen LogP contribution in [0.15, 0.2) is 194 Å². The van der Waals surface area contributed by atoms with Crippen LogP contribution in [0, 0.1) is 0 Å². The largest absolute Gasteiger partial charge is 0.507 e. The summed E-state index contributed by atoms with van der Waals surface area (Å²) in [5.41, 5.74) is 1.47. The molecule has 0 saturated carbocycles. The zero-order valence-electron chi connectivity index (χ0n) is 27.8. The van der Waals surface area contributed by atoms with Gasteiger partial charge in [-0.3, -0.25) is 9.59 Å². The van der Waals surface area contributed by atoms with Crippen LogP contribution < -0.4 is 26.5 Å². The lowest BCUT2D eigenvalue weighted by Crippen LogP contribution is -2.38. The van der Waals surface area contributed by atoms with Crippen molar-refractivity contribution in [3.8, 4) is 11.5 Å². The van der Waals surface area contributed by atoms with Gasteiger partial charge in [0.15, 0.2) is 5.78 Å². The first kappa shape index (κ1) is 34.6. The number of phenols is 2. The van der Waals surface area contributed by atoms with Crippen LogP contribution in [-0.4, -0.2) is 21.9 Å². The smallest absolute Gasteiger partial charge is 0.259 e. The molecule has 7 aromatic rings. The molecule has 0 aliphatic carbocycles. The maximum atomic E-state index is 12.5. The van der Waals surface area contributed by atoms with Gasteiger partial charge in [0, 0.05) is 12.1 Å². The van der Waals surface area contributed by atoms with Gasteiger partial charge in [-0.2, -0.15) is 0 Å². The van der Waals surface area contributed by atoms with E-state index in [0.717, 1.165) is 0 Å². The van der Waals surface area contributed by atoms with Gasteiger partial charge in [0.1, 0.15) is 40.0 Å². The van der Waals surface area contributed by atoms with Crippen molar-refractivity contribution in [2.45, 2.75) is 6.42 Å². The van der Waals surface area contributed by atoms with Crippen LogP contribution in [0.1, 0.15) is 26.3 Å². The summed E-state index contributed by atoms with van der Waals surface area (Å²) in [5, 5.41) is 27.9. The Labute approximate surface area is 298 Å². The van der Waals surface area contributed by atoms with Crippen LogP contribution in [0.4, 0.5) is 5.69 Å². The number of benzene rings is 7. The summed E-state index contributed by atoms with van der Waals surface area (Å²) in [4.78, 5) is 24.9. The van der Waals surface area contributed by atoms with Crippen LogP contribution in [0.3, 0.4) is 0 Å². The molecule has 0 bridgehead atoms. The number of amides is 1. The zero-order valence-corrected chi connectivity index (χ0v) is 28.7. The maximum absolute atomic E-state index is 12.5. The van der Waals surface area contributed by atoms with Crippen LogP contribution in [0.2, 0.25) is 0 Å². The van der Waals surface area contributed by atoms with Crippen molar-refractivity contribution in [2.75, 3.05) is 5.32 Å². The van der Waals surface area contributed by atoms with Gasteiger partial charge in [-0.05, 0) is 84.4 Å². The molecule has 0 atom stereocenters. The summed E-state index contributed by atoms with van der Waals surface area (Å²) in [5.74, 6) is -0.918. The van der Waals surface area contributed by atoms with Crippen molar-refractivity contribution >= 4 is 45.9 Å². The third-order valence-electron chi connectivity index (χ3n) is 8.54. The molecule has 0 radical (unpaired) electrons. The Kier molecular flexibility index (Phi) is 11.1. The second-order valence-electron chi connectivity index (χ2n) is 11.8. The molecule has 3 N–H and O–H groups in total. The lowest BCUT2D eigenvalue weighted by atomic mass is 10.0.